The summed E-state index contributed by atoms with van der Waals surface area (Å²) in [6, 6.07) is 18.2. The zero-order valence-corrected chi connectivity index (χ0v) is 16.3. The van der Waals surface area contributed by atoms with Crippen molar-refractivity contribution in [3.05, 3.63) is 54.6 Å². The molecule has 0 fully saturated rings. The number of hydrogen-bond acceptors (Lipinski definition) is 4. The van der Waals surface area contributed by atoms with Gasteiger partial charge < -0.3 is 9.64 Å². The van der Waals surface area contributed by atoms with Gasteiger partial charge in [0.05, 0.1) is 18.0 Å². The first-order valence-electron chi connectivity index (χ1n) is 9.66. The molecular formula is C22H31N3O. The van der Waals surface area contributed by atoms with E-state index in [9.17, 15) is 0 Å². The third-order valence-corrected chi connectivity index (χ3v) is 4.58. The molecule has 2 rings (SSSR count). The van der Waals surface area contributed by atoms with Gasteiger partial charge in [-0.25, -0.2) is 0 Å². The number of unbranched alkanes of at least 4 members (excludes halogenated alkanes) is 1. The van der Waals surface area contributed by atoms with E-state index in [-0.39, 0.29) is 0 Å². The molecule has 0 spiro atoms. The Labute approximate surface area is 157 Å². The van der Waals surface area contributed by atoms with Crippen LogP contribution in [0.25, 0.3) is 0 Å². The van der Waals surface area contributed by atoms with Crippen molar-refractivity contribution in [2.75, 3.05) is 19.7 Å². The van der Waals surface area contributed by atoms with Crippen molar-refractivity contribution in [2.24, 2.45) is 10.2 Å². The zero-order valence-electron chi connectivity index (χ0n) is 16.3. The van der Waals surface area contributed by atoms with E-state index >= 15 is 0 Å². The van der Waals surface area contributed by atoms with Crippen LogP contribution in [0.3, 0.4) is 0 Å². The van der Waals surface area contributed by atoms with Gasteiger partial charge in [-0.1, -0.05) is 38.1 Å². The lowest BCUT2D eigenvalue weighted by Crippen LogP contribution is -2.32. The third-order valence-electron chi connectivity index (χ3n) is 4.58. The van der Waals surface area contributed by atoms with Crippen LogP contribution in [-0.2, 0) is 0 Å². The summed E-state index contributed by atoms with van der Waals surface area (Å²) in [5.41, 5.74) is 1.66. The standard InChI is InChI=1S/C22H31N3O/c1-4-25(5-2)19(3)12-9-10-17-26-22-16-11-15-21(18-22)24-23-20-13-7-6-8-14-20/h6-8,11,13-16,18-19H,4-5,9-10,12,17H2,1-3H3. The smallest absolute Gasteiger partial charge is 0.121 e. The van der Waals surface area contributed by atoms with E-state index in [4.69, 9.17) is 4.74 Å². The van der Waals surface area contributed by atoms with Crippen LogP contribution in [-0.4, -0.2) is 30.6 Å². The lowest BCUT2D eigenvalue weighted by Gasteiger charge is -2.26. The van der Waals surface area contributed by atoms with Crippen LogP contribution in [0.4, 0.5) is 11.4 Å². The maximum absolute atomic E-state index is 5.88. The molecule has 26 heavy (non-hydrogen) atoms. The Morgan fingerprint density at radius 3 is 2.31 bits per heavy atom. The largest absolute Gasteiger partial charge is 0.494 e. The van der Waals surface area contributed by atoms with E-state index in [2.05, 4.69) is 35.9 Å². The SMILES string of the molecule is CCN(CC)C(C)CCCCOc1cccc(N=Nc2ccccc2)c1. The summed E-state index contributed by atoms with van der Waals surface area (Å²) in [6.07, 6.45) is 3.48. The van der Waals surface area contributed by atoms with E-state index in [0.29, 0.717) is 6.04 Å². The second kappa shape index (κ2) is 11.4. The van der Waals surface area contributed by atoms with Gasteiger partial charge in [0.1, 0.15) is 5.75 Å². The molecule has 0 aromatic heterocycles. The molecule has 0 radical (unpaired) electrons. The van der Waals surface area contributed by atoms with Crippen molar-refractivity contribution in [3.63, 3.8) is 0 Å². The molecule has 0 saturated carbocycles. The van der Waals surface area contributed by atoms with Crippen molar-refractivity contribution in [3.8, 4) is 5.75 Å². The summed E-state index contributed by atoms with van der Waals surface area (Å²) in [7, 11) is 0. The highest BCUT2D eigenvalue weighted by molar-refractivity contribution is 5.44. The second-order valence-electron chi connectivity index (χ2n) is 6.45. The minimum atomic E-state index is 0.645. The third kappa shape index (κ3) is 6.96. The summed E-state index contributed by atoms with van der Waals surface area (Å²) in [6.45, 7) is 9.76. The van der Waals surface area contributed by atoms with Crippen LogP contribution in [0.15, 0.2) is 64.8 Å². The molecule has 1 atom stereocenters. The highest BCUT2D eigenvalue weighted by Gasteiger charge is 2.09. The fourth-order valence-electron chi connectivity index (χ4n) is 3.01. The summed E-state index contributed by atoms with van der Waals surface area (Å²) in [4.78, 5) is 2.50. The van der Waals surface area contributed by atoms with Gasteiger partial charge in [0.2, 0.25) is 0 Å². The Morgan fingerprint density at radius 2 is 1.58 bits per heavy atom. The fourth-order valence-corrected chi connectivity index (χ4v) is 3.01. The maximum atomic E-state index is 5.88. The maximum Gasteiger partial charge on any atom is 0.121 e. The molecule has 0 aliphatic rings. The molecule has 0 amide bonds. The topological polar surface area (TPSA) is 37.2 Å². The second-order valence-corrected chi connectivity index (χ2v) is 6.45. The first kappa shape index (κ1) is 20.1. The van der Waals surface area contributed by atoms with Crippen LogP contribution in [0.2, 0.25) is 0 Å². The van der Waals surface area contributed by atoms with Gasteiger partial charge in [0, 0.05) is 12.1 Å². The lowest BCUT2D eigenvalue weighted by atomic mass is 10.1. The number of benzene rings is 2. The Hall–Kier alpha value is -2.20. The van der Waals surface area contributed by atoms with Crippen molar-refractivity contribution >= 4 is 11.4 Å². The average molecular weight is 354 g/mol. The van der Waals surface area contributed by atoms with Gasteiger partial charge in [-0.05, 0) is 63.5 Å². The fraction of sp³-hybridized carbons (Fsp3) is 0.455. The number of rotatable bonds is 11. The molecule has 0 bridgehead atoms. The van der Waals surface area contributed by atoms with Crippen LogP contribution in [0, 0.1) is 0 Å². The van der Waals surface area contributed by atoms with Gasteiger partial charge in [0.15, 0.2) is 0 Å². The molecule has 0 N–H and O–H groups in total. The number of hydrogen-bond donors (Lipinski definition) is 0. The Kier molecular flexibility index (Phi) is 8.84. The number of ether oxygens (including phenoxy) is 1. The molecule has 4 nitrogen and oxygen atoms in total. The molecule has 4 heteroatoms. The molecule has 0 aliphatic carbocycles. The van der Waals surface area contributed by atoms with Gasteiger partial charge in [0.25, 0.3) is 0 Å². The Balaban J connectivity index is 1.74. The van der Waals surface area contributed by atoms with Crippen molar-refractivity contribution in [1.29, 1.82) is 0 Å². The Morgan fingerprint density at radius 1 is 0.885 bits per heavy atom. The van der Waals surface area contributed by atoms with E-state index in [1.54, 1.807) is 0 Å². The normalized spacial score (nSPS) is 12.6. The number of nitrogens with zero attached hydrogens (tertiary/aromatic N) is 3. The average Bonchev–Trinajstić information content (AvgIpc) is 2.68. The predicted molar refractivity (Wildman–Crippen MR) is 109 cm³/mol. The van der Waals surface area contributed by atoms with Crippen LogP contribution < -0.4 is 4.74 Å². The van der Waals surface area contributed by atoms with Gasteiger partial charge in [-0.2, -0.15) is 10.2 Å². The molecular weight excluding hydrogens is 322 g/mol. The van der Waals surface area contributed by atoms with Crippen LogP contribution >= 0.6 is 0 Å². The van der Waals surface area contributed by atoms with Gasteiger partial charge >= 0.3 is 0 Å². The van der Waals surface area contributed by atoms with Crippen LogP contribution in [0.1, 0.15) is 40.0 Å². The summed E-state index contributed by atoms with van der Waals surface area (Å²) < 4.78 is 5.88. The van der Waals surface area contributed by atoms with Crippen LogP contribution in [0.5, 0.6) is 5.75 Å². The number of azo groups is 1. The highest BCUT2D eigenvalue weighted by Crippen LogP contribution is 2.22. The van der Waals surface area contributed by atoms with Crippen molar-refractivity contribution in [2.45, 2.75) is 46.1 Å². The van der Waals surface area contributed by atoms with E-state index in [0.717, 1.165) is 43.2 Å². The zero-order chi connectivity index (χ0) is 18.6. The van der Waals surface area contributed by atoms with Crippen molar-refractivity contribution in [1.82, 2.24) is 4.90 Å². The Bertz CT molecular complexity index is 653. The van der Waals surface area contributed by atoms with Gasteiger partial charge in [-0.3, -0.25) is 0 Å². The summed E-state index contributed by atoms with van der Waals surface area (Å²) >= 11 is 0. The minimum Gasteiger partial charge on any atom is -0.494 e. The van der Waals surface area contributed by atoms with Gasteiger partial charge in [-0.15, -0.1) is 0 Å². The summed E-state index contributed by atoms with van der Waals surface area (Å²) in [5, 5.41) is 8.53. The minimum absolute atomic E-state index is 0.645. The molecule has 1 unspecified atom stereocenters. The quantitative estimate of drug-likeness (QED) is 0.347. The molecule has 2 aromatic carbocycles. The highest BCUT2D eigenvalue weighted by atomic mass is 16.5. The molecule has 0 aliphatic heterocycles. The first-order chi connectivity index (χ1) is 12.7. The van der Waals surface area contributed by atoms with E-state index < -0.39 is 0 Å². The van der Waals surface area contributed by atoms with Crippen molar-refractivity contribution < 1.29 is 4.74 Å². The molecule has 140 valence electrons. The van der Waals surface area contributed by atoms with E-state index in [1.165, 1.54) is 12.8 Å². The first-order valence-corrected chi connectivity index (χ1v) is 9.66. The molecule has 0 saturated heterocycles. The summed E-state index contributed by atoms with van der Waals surface area (Å²) in [5.74, 6) is 0.853. The molecule has 0 heterocycles. The molecule has 2 aromatic rings. The predicted octanol–water partition coefficient (Wildman–Crippen LogP) is 6.38. The van der Waals surface area contributed by atoms with E-state index in [1.807, 2.05) is 54.6 Å². The monoisotopic (exact) mass is 353 g/mol. The lowest BCUT2D eigenvalue weighted by molar-refractivity contribution is 0.212.